The van der Waals surface area contributed by atoms with E-state index in [1.807, 2.05) is 23.9 Å². The highest BCUT2D eigenvalue weighted by molar-refractivity contribution is 5.94. The van der Waals surface area contributed by atoms with Gasteiger partial charge in [-0.15, -0.1) is 0 Å². The highest BCUT2D eigenvalue weighted by Gasteiger charge is 2.39. The highest BCUT2D eigenvalue weighted by atomic mass is 16.3. The summed E-state index contributed by atoms with van der Waals surface area (Å²) in [6.07, 6.45) is 5.65. The lowest BCUT2D eigenvalue weighted by molar-refractivity contribution is -0.137. The lowest BCUT2D eigenvalue weighted by atomic mass is 9.91. The Kier molecular flexibility index (Phi) is 6.82. The number of fused-ring (bicyclic) bond motifs is 1. The maximum atomic E-state index is 13.2. The van der Waals surface area contributed by atoms with Crippen molar-refractivity contribution in [2.24, 2.45) is 5.92 Å². The van der Waals surface area contributed by atoms with E-state index in [1.165, 1.54) is 21.8 Å². The van der Waals surface area contributed by atoms with Crippen LogP contribution in [0, 0.1) is 5.92 Å². The Labute approximate surface area is 214 Å². The monoisotopic (exact) mass is 507 g/mol. The Morgan fingerprint density at radius 1 is 1.22 bits per heavy atom. The zero-order chi connectivity index (χ0) is 26.2. The number of hydrogen-bond donors (Lipinski definition) is 2. The SMILES string of the molecule is CN(C)CCNC(=O)c1cccc(-n2ncc3c(=O)n(CC4(O)CCN(C(=O)C5CC5)CC4)cnc32)c1. The summed E-state index contributed by atoms with van der Waals surface area (Å²) in [5, 5.41) is 18.7. The molecule has 37 heavy (non-hydrogen) atoms. The number of carbonyl (C=O) groups is 2. The van der Waals surface area contributed by atoms with Crippen LogP contribution in [0.1, 0.15) is 36.0 Å². The van der Waals surface area contributed by atoms with Crippen molar-refractivity contribution in [3.63, 3.8) is 0 Å². The number of carbonyl (C=O) groups excluding carboxylic acids is 2. The normalized spacial score (nSPS) is 17.4. The van der Waals surface area contributed by atoms with Crippen LogP contribution in [-0.2, 0) is 11.3 Å². The van der Waals surface area contributed by atoms with Gasteiger partial charge in [-0.2, -0.15) is 5.10 Å². The smallest absolute Gasteiger partial charge is 0.264 e. The van der Waals surface area contributed by atoms with Gasteiger partial charge in [0.05, 0.1) is 24.0 Å². The number of rotatable bonds is 8. The molecule has 1 aliphatic heterocycles. The fourth-order valence-electron chi connectivity index (χ4n) is 4.73. The fraction of sp³-hybridized carbons (Fsp3) is 0.500. The highest BCUT2D eigenvalue weighted by Crippen LogP contribution is 2.33. The van der Waals surface area contributed by atoms with Gasteiger partial charge in [0, 0.05) is 37.7 Å². The number of likely N-dealkylation sites (tertiary alicyclic amines) is 1. The third kappa shape index (κ3) is 5.42. The van der Waals surface area contributed by atoms with Crippen molar-refractivity contribution >= 4 is 22.8 Å². The molecule has 3 heterocycles. The molecule has 2 aliphatic rings. The summed E-state index contributed by atoms with van der Waals surface area (Å²) in [5.41, 5.74) is 0.110. The van der Waals surface area contributed by atoms with Crippen molar-refractivity contribution in [2.75, 3.05) is 40.3 Å². The molecule has 2 N–H and O–H groups in total. The van der Waals surface area contributed by atoms with E-state index in [9.17, 15) is 19.5 Å². The maximum absolute atomic E-state index is 13.2. The minimum absolute atomic E-state index is 0.105. The van der Waals surface area contributed by atoms with Crippen molar-refractivity contribution in [2.45, 2.75) is 37.8 Å². The van der Waals surface area contributed by atoms with Crippen LogP contribution in [0.2, 0.25) is 0 Å². The standard InChI is InChI=1S/C26H33N7O4/c1-30(2)13-10-27-23(34)19-4-3-5-20(14-19)33-22-21(15-29-33)25(36)32(17-28-22)16-26(37)8-11-31(12-9-26)24(35)18-6-7-18/h3-5,14-15,17-18,37H,6-13,16H2,1-2H3,(H,27,34). The number of aliphatic hydroxyl groups is 1. The maximum Gasteiger partial charge on any atom is 0.264 e. The largest absolute Gasteiger partial charge is 0.388 e. The number of piperidine rings is 1. The Hall–Kier alpha value is -3.57. The first kappa shape index (κ1) is 25.1. The van der Waals surface area contributed by atoms with E-state index in [4.69, 9.17) is 0 Å². The van der Waals surface area contributed by atoms with Crippen LogP contribution in [0.4, 0.5) is 0 Å². The summed E-state index contributed by atoms with van der Waals surface area (Å²) in [7, 11) is 3.88. The number of benzene rings is 1. The quantitative estimate of drug-likeness (QED) is 0.458. The number of likely N-dealkylation sites (N-methyl/N-ethyl adjacent to an activating group) is 1. The molecule has 2 aromatic heterocycles. The van der Waals surface area contributed by atoms with Gasteiger partial charge in [-0.05, 0) is 58.0 Å². The fourth-order valence-corrected chi connectivity index (χ4v) is 4.73. The van der Waals surface area contributed by atoms with Gasteiger partial charge < -0.3 is 20.2 Å². The second-order valence-corrected chi connectivity index (χ2v) is 10.4. The van der Waals surface area contributed by atoms with Gasteiger partial charge in [0.15, 0.2) is 5.65 Å². The van der Waals surface area contributed by atoms with E-state index in [1.54, 1.807) is 24.3 Å². The molecule has 196 valence electrons. The molecule has 0 atom stereocenters. The predicted octanol–water partition coefficient (Wildman–Crippen LogP) is 0.637. The average molecular weight is 508 g/mol. The Morgan fingerprint density at radius 3 is 2.68 bits per heavy atom. The molecule has 1 aromatic carbocycles. The van der Waals surface area contributed by atoms with E-state index in [0.29, 0.717) is 54.8 Å². The third-order valence-electron chi connectivity index (χ3n) is 7.15. The van der Waals surface area contributed by atoms with E-state index in [-0.39, 0.29) is 29.8 Å². The molecule has 0 radical (unpaired) electrons. The number of amides is 2. The molecule has 0 spiro atoms. The van der Waals surface area contributed by atoms with Crippen molar-refractivity contribution in [3.05, 3.63) is 52.7 Å². The molecule has 2 amide bonds. The van der Waals surface area contributed by atoms with Crippen LogP contribution in [-0.4, -0.2) is 91.9 Å². The van der Waals surface area contributed by atoms with Crippen LogP contribution < -0.4 is 10.9 Å². The first-order valence-electron chi connectivity index (χ1n) is 12.7. The summed E-state index contributed by atoms with van der Waals surface area (Å²) < 4.78 is 2.95. The van der Waals surface area contributed by atoms with Crippen molar-refractivity contribution < 1.29 is 14.7 Å². The minimum atomic E-state index is -1.08. The van der Waals surface area contributed by atoms with Crippen molar-refractivity contribution in [1.29, 1.82) is 0 Å². The molecular weight excluding hydrogens is 474 g/mol. The van der Waals surface area contributed by atoms with E-state index >= 15 is 0 Å². The molecular formula is C26H33N7O4. The molecule has 1 saturated heterocycles. The number of aromatic nitrogens is 4. The van der Waals surface area contributed by atoms with Gasteiger partial charge in [-0.1, -0.05) is 6.07 Å². The molecule has 1 aliphatic carbocycles. The van der Waals surface area contributed by atoms with Gasteiger partial charge in [0.2, 0.25) is 5.91 Å². The Bertz CT molecular complexity index is 1370. The number of nitrogens with one attached hydrogen (secondary N) is 1. The average Bonchev–Trinajstić information content (AvgIpc) is 3.64. The Morgan fingerprint density at radius 2 is 1.97 bits per heavy atom. The lowest BCUT2D eigenvalue weighted by Gasteiger charge is -2.38. The summed E-state index contributed by atoms with van der Waals surface area (Å²) in [4.78, 5) is 46.4. The predicted molar refractivity (Wildman–Crippen MR) is 137 cm³/mol. The molecule has 2 fully saturated rings. The van der Waals surface area contributed by atoms with Crippen LogP contribution in [0.3, 0.4) is 0 Å². The number of hydrogen-bond acceptors (Lipinski definition) is 7. The molecule has 11 heteroatoms. The lowest BCUT2D eigenvalue weighted by Crippen LogP contribution is -2.50. The Balaban J connectivity index is 1.31. The first-order chi connectivity index (χ1) is 17.7. The van der Waals surface area contributed by atoms with Crippen molar-refractivity contribution in [1.82, 2.24) is 34.4 Å². The van der Waals surface area contributed by atoms with E-state index in [2.05, 4.69) is 15.4 Å². The molecule has 3 aromatic rings. The van der Waals surface area contributed by atoms with Gasteiger partial charge in [0.25, 0.3) is 11.5 Å². The minimum Gasteiger partial charge on any atom is -0.388 e. The van der Waals surface area contributed by atoms with Gasteiger partial charge in [-0.3, -0.25) is 19.0 Å². The second-order valence-electron chi connectivity index (χ2n) is 10.4. The zero-order valence-corrected chi connectivity index (χ0v) is 21.3. The van der Waals surface area contributed by atoms with Gasteiger partial charge in [-0.25, -0.2) is 9.67 Å². The van der Waals surface area contributed by atoms with E-state index in [0.717, 1.165) is 19.4 Å². The third-order valence-corrected chi connectivity index (χ3v) is 7.15. The summed E-state index contributed by atoms with van der Waals surface area (Å²) in [6.45, 7) is 2.36. The first-order valence-corrected chi connectivity index (χ1v) is 12.7. The van der Waals surface area contributed by atoms with Crippen LogP contribution in [0.15, 0.2) is 41.6 Å². The zero-order valence-electron chi connectivity index (χ0n) is 21.3. The second kappa shape index (κ2) is 10.1. The summed E-state index contributed by atoms with van der Waals surface area (Å²) in [5.74, 6) is 0.161. The summed E-state index contributed by atoms with van der Waals surface area (Å²) in [6, 6.07) is 7.01. The van der Waals surface area contributed by atoms with Crippen molar-refractivity contribution in [3.8, 4) is 5.69 Å². The summed E-state index contributed by atoms with van der Waals surface area (Å²) >= 11 is 0. The van der Waals surface area contributed by atoms with Crippen LogP contribution in [0.5, 0.6) is 0 Å². The molecule has 0 unspecified atom stereocenters. The van der Waals surface area contributed by atoms with Gasteiger partial charge >= 0.3 is 0 Å². The topological polar surface area (TPSA) is 126 Å². The van der Waals surface area contributed by atoms with Gasteiger partial charge in [0.1, 0.15) is 11.7 Å². The van der Waals surface area contributed by atoms with Crippen LogP contribution >= 0.6 is 0 Å². The molecule has 11 nitrogen and oxygen atoms in total. The number of nitrogens with zero attached hydrogens (tertiary/aromatic N) is 6. The molecule has 5 rings (SSSR count). The van der Waals surface area contributed by atoms with Crippen LogP contribution in [0.25, 0.3) is 16.7 Å². The van der Waals surface area contributed by atoms with E-state index < -0.39 is 5.60 Å². The molecule has 0 bridgehead atoms. The molecule has 1 saturated carbocycles.